The van der Waals surface area contributed by atoms with E-state index in [-0.39, 0.29) is 32.7 Å². The first-order valence-corrected chi connectivity index (χ1v) is 4.67. The van der Waals surface area contributed by atoms with Gasteiger partial charge in [-0.15, -0.1) is 11.1 Å². The first-order valence-electron chi connectivity index (χ1n) is 4.67. The van der Waals surface area contributed by atoms with Crippen LogP contribution in [0.5, 0.6) is 0 Å². The fraction of sp³-hybridized carbons (Fsp3) is 0.167. The SMILES string of the molecule is Cc1ncc2c(n1)Cc1[c-]cccc1-2.[Y]. The normalized spacial score (nSPS) is 11.5. The number of hydrogen-bond donors (Lipinski definition) is 0. The van der Waals surface area contributed by atoms with E-state index in [2.05, 4.69) is 22.1 Å². The van der Waals surface area contributed by atoms with Crippen molar-refractivity contribution in [2.75, 3.05) is 0 Å². The number of fused-ring (bicyclic) bond motifs is 3. The summed E-state index contributed by atoms with van der Waals surface area (Å²) in [7, 11) is 0. The van der Waals surface area contributed by atoms with E-state index < -0.39 is 0 Å². The van der Waals surface area contributed by atoms with Crippen molar-refractivity contribution in [1.82, 2.24) is 9.97 Å². The van der Waals surface area contributed by atoms with Crippen molar-refractivity contribution in [3.63, 3.8) is 0 Å². The molecule has 0 saturated carbocycles. The first kappa shape index (κ1) is 10.9. The van der Waals surface area contributed by atoms with Crippen LogP contribution in [0.15, 0.2) is 24.4 Å². The number of rotatable bonds is 0. The van der Waals surface area contributed by atoms with Crippen molar-refractivity contribution in [3.8, 4) is 11.1 Å². The van der Waals surface area contributed by atoms with E-state index in [0.717, 1.165) is 17.9 Å². The van der Waals surface area contributed by atoms with Gasteiger partial charge in [-0.2, -0.15) is 24.3 Å². The van der Waals surface area contributed by atoms with Crippen molar-refractivity contribution in [2.24, 2.45) is 0 Å². The third kappa shape index (κ3) is 1.77. The third-order valence-electron chi connectivity index (χ3n) is 2.56. The molecule has 0 amide bonds. The smallest absolute Gasteiger partial charge is 0.125 e. The van der Waals surface area contributed by atoms with E-state index in [4.69, 9.17) is 0 Å². The zero-order valence-electron chi connectivity index (χ0n) is 8.49. The van der Waals surface area contributed by atoms with Crippen LogP contribution in [0.25, 0.3) is 11.1 Å². The standard InChI is InChI=1S/C12H9N2.Y/c1-8-13-7-11-10-5-3-2-4-9(10)6-12(11)14-8;/h2-3,5,7H,6H2,1H3;/q-1;. The largest absolute Gasteiger partial charge is 0.242 e. The summed E-state index contributed by atoms with van der Waals surface area (Å²) in [5.41, 5.74) is 4.78. The molecular formula is C12H9N2Y-. The summed E-state index contributed by atoms with van der Waals surface area (Å²) >= 11 is 0. The molecule has 1 aromatic heterocycles. The van der Waals surface area contributed by atoms with Gasteiger partial charge in [0.25, 0.3) is 0 Å². The summed E-state index contributed by atoms with van der Waals surface area (Å²) in [4.78, 5) is 8.66. The van der Waals surface area contributed by atoms with Gasteiger partial charge in [0.1, 0.15) is 5.82 Å². The Balaban J connectivity index is 0.000000853. The molecule has 2 aromatic rings. The van der Waals surface area contributed by atoms with Crippen LogP contribution < -0.4 is 0 Å². The van der Waals surface area contributed by atoms with E-state index >= 15 is 0 Å². The zero-order chi connectivity index (χ0) is 9.54. The molecule has 0 N–H and O–H groups in total. The van der Waals surface area contributed by atoms with Crippen molar-refractivity contribution in [1.29, 1.82) is 0 Å². The van der Waals surface area contributed by atoms with Crippen molar-refractivity contribution in [3.05, 3.63) is 47.5 Å². The first-order chi connectivity index (χ1) is 6.84. The van der Waals surface area contributed by atoms with Crippen LogP contribution in [0.1, 0.15) is 17.1 Å². The van der Waals surface area contributed by atoms with Gasteiger partial charge in [-0.25, -0.2) is 9.97 Å². The molecule has 1 aromatic carbocycles. The Labute approximate surface area is 114 Å². The maximum atomic E-state index is 4.44. The van der Waals surface area contributed by atoms with Crippen LogP contribution in [0, 0.1) is 13.0 Å². The third-order valence-corrected chi connectivity index (χ3v) is 2.56. The zero-order valence-corrected chi connectivity index (χ0v) is 11.3. The molecule has 15 heavy (non-hydrogen) atoms. The number of aromatic nitrogens is 2. The summed E-state index contributed by atoms with van der Waals surface area (Å²) in [6, 6.07) is 9.31. The van der Waals surface area contributed by atoms with Gasteiger partial charge in [0, 0.05) is 44.6 Å². The predicted octanol–water partition coefficient (Wildman–Crippen LogP) is 2.15. The summed E-state index contributed by atoms with van der Waals surface area (Å²) in [5, 5.41) is 0. The van der Waals surface area contributed by atoms with Gasteiger partial charge in [-0.1, -0.05) is 0 Å². The molecule has 0 atom stereocenters. The van der Waals surface area contributed by atoms with Gasteiger partial charge in [-0.3, -0.25) is 0 Å². The predicted molar refractivity (Wildman–Crippen MR) is 53.8 cm³/mol. The van der Waals surface area contributed by atoms with E-state index in [1.807, 2.05) is 25.3 Å². The molecule has 71 valence electrons. The van der Waals surface area contributed by atoms with Gasteiger partial charge in [-0.05, 0) is 18.9 Å². The molecular weight excluding hydrogens is 261 g/mol. The second kappa shape index (κ2) is 4.11. The number of nitrogens with zero attached hydrogens (tertiary/aromatic N) is 2. The quantitative estimate of drug-likeness (QED) is 0.585. The second-order valence-corrected chi connectivity index (χ2v) is 3.52. The molecule has 2 nitrogen and oxygen atoms in total. The molecule has 3 rings (SSSR count). The molecule has 1 aliphatic rings. The minimum absolute atomic E-state index is 0. The van der Waals surface area contributed by atoms with Gasteiger partial charge >= 0.3 is 0 Å². The van der Waals surface area contributed by atoms with Crippen LogP contribution >= 0.6 is 0 Å². The van der Waals surface area contributed by atoms with E-state index in [1.54, 1.807) is 0 Å². The maximum absolute atomic E-state index is 4.44. The average Bonchev–Trinajstić information content (AvgIpc) is 2.54. The molecule has 1 radical (unpaired) electrons. The maximum Gasteiger partial charge on any atom is 0.125 e. The minimum Gasteiger partial charge on any atom is -0.242 e. The number of hydrogen-bond acceptors (Lipinski definition) is 2. The van der Waals surface area contributed by atoms with Gasteiger partial charge in [0.05, 0.1) is 0 Å². The molecule has 0 fully saturated rings. The van der Waals surface area contributed by atoms with Crippen molar-refractivity contribution < 1.29 is 32.7 Å². The summed E-state index contributed by atoms with van der Waals surface area (Å²) < 4.78 is 0. The Morgan fingerprint density at radius 1 is 1.33 bits per heavy atom. The van der Waals surface area contributed by atoms with Crippen LogP contribution in [-0.2, 0) is 39.1 Å². The van der Waals surface area contributed by atoms with E-state index in [0.29, 0.717) is 0 Å². The Kier molecular flexibility index (Phi) is 2.99. The minimum atomic E-state index is 0. The summed E-state index contributed by atoms with van der Waals surface area (Å²) in [6.45, 7) is 1.92. The van der Waals surface area contributed by atoms with Crippen LogP contribution in [-0.4, -0.2) is 9.97 Å². The molecule has 0 aliphatic heterocycles. The fourth-order valence-electron chi connectivity index (χ4n) is 1.91. The molecule has 0 saturated heterocycles. The van der Waals surface area contributed by atoms with E-state index in [1.165, 1.54) is 16.7 Å². The number of aryl methyl sites for hydroxylation is 1. The van der Waals surface area contributed by atoms with Crippen LogP contribution in [0.4, 0.5) is 0 Å². The summed E-state index contributed by atoms with van der Waals surface area (Å²) in [6.07, 6.45) is 2.81. The Hall–Kier alpha value is -0.596. The average molecular weight is 270 g/mol. The molecule has 1 heterocycles. The molecule has 3 heteroatoms. The van der Waals surface area contributed by atoms with E-state index in [9.17, 15) is 0 Å². The molecule has 0 spiro atoms. The molecule has 0 unspecified atom stereocenters. The topological polar surface area (TPSA) is 25.8 Å². The monoisotopic (exact) mass is 270 g/mol. The van der Waals surface area contributed by atoms with Gasteiger partial charge in [0.15, 0.2) is 0 Å². The Morgan fingerprint density at radius 2 is 2.20 bits per heavy atom. The number of benzene rings is 1. The van der Waals surface area contributed by atoms with Crippen LogP contribution in [0.3, 0.4) is 0 Å². The van der Waals surface area contributed by atoms with Crippen LogP contribution in [0.2, 0.25) is 0 Å². The van der Waals surface area contributed by atoms with Crippen molar-refractivity contribution in [2.45, 2.75) is 13.3 Å². The van der Waals surface area contributed by atoms with Crippen molar-refractivity contribution >= 4 is 0 Å². The Morgan fingerprint density at radius 3 is 3.07 bits per heavy atom. The Bertz CT molecular complexity index is 509. The second-order valence-electron chi connectivity index (χ2n) is 3.52. The van der Waals surface area contributed by atoms with Gasteiger partial charge < -0.3 is 0 Å². The molecule has 0 bridgehead atoms. The fourth-order valence-corrected chi connectivity index (χ4v) is 1.91. The molecule has 1 aliphatic carbocycles. The van der Waals surface area contributed by atoms with Gasteiger partial charge in [0.2, 0.25) is 0 Å². The summed E-state index contributed by atoms with van der Waals surface area (Å²) in [5.74, 6) is 0.844.